The van der Waals surface area contributed by atoms with Crippen LogP contribution in [0.5, 0.6) is 0 Å². The van der Waals surface area contributed by atoms with E-state index in [-0.39, 0.29) is 0 Å². The molecule has 4 aromatic carbocycles. The van der Waals surface area contributed by atoms with Gasteiger partial charge < -0.3 is 4.90 Å². The lowest BCUT2D eigenvalue weighted by Crippen LogP contribution is -2.12. The standard InChI is InChI=1S/C27H23N/c1-20-14-15-23-19-25(17-16-22(23)18-20)28(24-10-3-2-4-11-24)27-13-7-9-21-8-5-6-12-26(21)27/h2-4,6-7,9-19H,5,8H2,1H3. The Morgan fingerprint density at radius 2 is 1.54 bits per heavy atom. The number of rotatable bonds is 3. The van der Waals surface area contributed by atoms with Crippen molar-refractivity contribution in [2.75, 3.05) is 4.90 Å². The highest BCUT2D eigenvalue weighted by Crippen LogP contribution is 2.40. The molecular formula is C27H23N. The van der Waals surface area contributed by atoms with Crippen LogP contribution in [0.3, 0.4) is 0 Å². The van der Waals surface area contributed by atoms with Gasteiger partial charge in [-0.25, -0.2) is 0 Å². The first kappa shape index (κ1) is 16.8. The van der Waals surface area contributed by atoms with E-state index in [2.05, 4.69) is 109 Å². The molecule has 0 aromatic heterocycles. The van der Waals surface area contributed by atoms with Gasteiger partial charge in [0, 0.05) is 16.9 Å². The fourth-order valence-corrected chi connectivity index (χ4v) is 4.14. The van der Waals surface area contributed by atoms with E-state index in [1.807, 2.05) is 0 Å². The summed E-state index contributed by atoms with van der Waals surface area (Å²) < 4.78 is 0. The maximum Gasteiger partial charge on any atom is 0.0536 e. The fourth-order valence-electron chi connectivity index (χ4n) is 4.14. The number of benzene rings is 4. The van der Waals surface area contributed by atoms with Gasteiger partial charge in [0.1, 0.15) is 0 Å². The van der Waals surface area contributed by atoms with Crippen molar-refractivity contribution >= 4 is 33.9 Å². The first-order valence-corrected chi connectivity index (χ1v) is 9.94. The van der Waals surface area contributed by atoms with Crippen LogP contribution in [-0.2, 0) is 6.42 Å². The summed E-state index contributed by atoms with van der Waals surface area (Å²) >= 11 is 0. The van der Waals surface area contributed by atoms with E-state index >= 15 is 0 Å². The summed E-state index contributed by atoms with van der Waals surface area (Å²) in [5.41, 5.74) is 7.67. The Balaban J connectivity index is 1.73. The van der Waals surface area contributed by atoms with Crippen molar-refractivity contribution in [2.45, 2.75) is 19.8 Å². The third-order valence-corrected chi connectivity index (χ3v) is 5.53. The number of allylic oxidation sites excluding steroid dienone is 1. The smallest absolute Gasteiger partial charge is 0.0536 e. The predicted molar refractivity (Wildman–Crippen MR) is 121 cm³/mol. The molecule has 0 N–H and O–H groups in total. The Labute approximate surface area is 166 Å². The van der Waals surface area contributed by atoms with E-state index in [0.29, 0.717) is 0 Å². The molecule has 0 fully saturated rings. The average molecular weight is 361 g/mol. The molecule has 1 heteroatoms. The SMILES string of the molecule is Cc1ccc2cc(N(c3ccccc3)c3cccc4c3C=CCC4)ccc2c1. The molecule has 0 unspecified atom stereocenters. The highest BCUT2D eigenvalue weighted by atomic mass is 15.1. The molecule has 0 atom stereocenters. The lowest BCUT2D eigenvalue weighted by molar-refractivity contribution is 0.984. The molecule has 0 bridgehead atoms. The Hall–Kier alpha value is -3.32. The summed E-state index contributed by atoms with van der Waals surface area (Å²) in [7, 11) is 0. The van der Waals surface area contributed by atoms with E-state index in [1.54, 1.807) is 0 Å². The first-order valence-electron chi connectivity index (χ1n) is 9.94. The largest absolute Gasteiger partial charge is 0.310 e. The molecule has 4 aromatic rings. The van der Waals surface area contributed by atoms with Gasteiger partial charge in [0.05, 0.1) is 5.69 Å². The predicted octanol–water partition coefficient (Wildman–Crippen LogP) is 7.58. The van der Waals surface area contributed by atoms with Crippen molar-refractivity contribution in [3.8, 4) is 0 Å². The zero-order valence-electron chi connectivity index (χ0n) is 16.1. The molecule has 0 amide bonds. The fraction of sp³-hybridized carbons (Fsp3) is 0.111. The van der Waals surface area contributed by atoms with Crippen LogP contribution in [0.2, 0.25) is 0 Å². The first-order chi connectivity index (χ1) is 13.8. The number of hydrogen-bond donors (Lipinski definition) is 0. The van der Waals surface area contributed by atoms with E-state index in [0.717, 1.165) is 12.8 Å². The second-order valence-corrected chi connectivity index (χ2v) is 7.50. The topological polar surface area (TPSA) is 3.24 Å². The summed E-state index contributed by atoms with van der Waals surface area (Å²) in [6.45, 7) is 2.15. The zero-order valence-corrected chi connectivity index (χ0v) is 16.1. The highest BCUT2D eigenvalue weighted by molar-refractivity contribution is 5.91. The molecule has 1 aliphatic rings. The van der Waals surface area contributed by atoms with Crippen LogP contribution in [-0.4, -0.2) is 0 Å². The lowest BCUT2D eigenvalue weighted by atomic mass is 9.95. The Morgan fingerprint density at radius 1 is 0.714 bits per heavy atom. The number of hydrogen-bond acceptors (Lipinski definition) is 1. The summed E-state index contributed by atoms with van der Waals surface area (Å²) in [5, 5.41) is 2.55. The average Bonchev–Trinajstić information content (AvgIpc) is 2.75. The molecule has 0 heterocycles. The molecule has 0 saturated carbocycles. The molecule has 0 aliphatic heterocycles. The molecule has 0 saturated heterocycles. The number of nitrogens with zero attached hydrogens (tertiary/aromatic N) is 1. The number of fused-ring (bicyclic) bond motifs is 2. The monoisotopic (exact) mass is 361 g/mol. The van der Waals surface area contributed by atoms with E-state index in [9.17, 15) is 0 Å². The molecular weight excluding hydrogens is 338 g/mol. The van der Waals surface area contributed by atoms with Gasteiger partial charge >= 0.3 is 0 Å². The Kier molecular flexibility index (Phi) is 4.21. The van der Waals surface area contributed by atoms with Crippen LogP contribution in [0.25, 0.3) is 16.8 Å². The second-order valence-electron chi connectivity index (χ2n) is 7.50. The van der Waals surface area contributed by atoms with Gasteiger partial charge in [-0.3, -0.25) is 0 Å². The minimum absolute atomic E-state index is 1.11. The minimum Gasteiger partial charge on any atom is -0.310 e. The van der Waals surface area contributed by atoms with Crippen LogP contribution >= 0.6 is 0 Å². The Morgan fingerprint density at radius 3 is 2.43 bits per heavy atom. The Bertz CT molecular complexity index is 1170. The number of para-hydroxylation sites is 1. The van der Waals surface area contributed by atoms with Gasteiger partial charge in [-0.05, 0) is 66.4 Å². The van der Waals surface area contributed by atoms with Crippen LogP contribution in [0.15, 0.2) is 91.0 Å². The third-order valence-electron chi connectivity index (χ3n) is 5.53. The van der Waals surface area contributed by atoms with Crippen LogP contribution in [0.1, 0.15) is 23.1 Å². The van der Waals surface area contributed by atoms with Gasteiger partial charge in [-0.2, -0.15) is 0 Å². The molecule has 5 rings (SSSR count). The number of anilines is 3. The molecule has 1 aliphatic carbocycles. The van der Waals surface area contributed by atoms with Crippen molar-refractivity contribution in [1.29, 1.82) is 0 Å². The highest BCUT2D eigenvalue weighted by Gasteiger charge is 2.18. The van der Waals surface area contributed by atoms with Crippen molar-refractivity contribution in [2.24, 2.45) is 0 Å². The van der Waals surface area contributed by atoms with Crippen LogP contribution < -0.4 is 4.90 Å². The maximum atomic E-state index is 2.38. The maximum absolute atomic E-state index is 2.38. The van der Waals surface area contributed by atoms with Gasteiger partial charge in [0.2, 0.25) is 0 Å². The zero-order chi connectivity index (χ0) is 18.9. The third kappa shape index (κ3) is 2.99. The molecule has 0 spiro atoms. The van der Waals surface area contributed by atoms with Crippen molar-refractivity contribution in [1.82, 2.24) is 0 Å². The van der Waals surface area contributed by atoms with Gasteiger partial charge in [0.25, 0.3) is 0 Å². The van der Waals surface area contributed by atoms with Crippen molar-refractivity contribution < 1.29 is 0 Å². The molecule has 136 valence electrons. The molecule has 0 radical (unpaired) electrons. The van der Waals surface area contributed by atoms with Gasteiger partial charge in [-0.15, -0.1) is 0 Å². The van der Waals surface area contributed by atoms with Gasteiger partial charge in [0.15, 0.2) is 0 Å². The van der Waals surface area contributed by atoms with E-state index in [4.69, 9.17) is 0 Å². The normalized spacial score (nSPS) is 12.8. The second kappa shape index (κ2) is 7.01. The van der Waals surface area contributed by atoms with E-state index < -0.39 is 0 Å². The van der Waals surface area contributed by atoms with Crippen LogP contribution in [0.4, 0.5) is 17.1 Å². The molecule has 1 nitrogen and oxygen atoms in total. The minimum atomic E-state index is 1.11. The van der Waals surface area contributed by atoms with Gasteiger partial charge in [-0.1, -0.05) is 72.3 Å². The lowest BCUT2D eigenvalue weighted by Gasteiger charge is -2.29. The van der Waals surface area contributed by atoms with Crippen LogP contribution in [0, 0.1) is 6.92 Å². The summed E-state index contributed by atoms with van der Waals surface area (Å²) in [5.74, 6) is 0. The van der Waals surface area contributed by atoms with Crippen molar-refractivity contribution in [3.05, 3.63) is 108 Å². The van der Waals surface area contributed by atoms with Crippen molar-refractivity contribution in [3.63, 3.8) is 0 Å². The summed E-state index contributed by atoms with van der Waals surface area (Å²) in [6, 6.07) is 30.8. The quantitative estimate of drug-likeness (QED) is 0.363. The number of aryl methyl sites for hydroxylation is 2. The summed E-state index contributed by atoms with van der Waals surface area (Å²) in [6.07, 6.45) is 6.81. The molecule has 28 heavy (non-hydrogen) atoms. The van der Waals surface area contributed by atoms with E-state index in [1.165, 1.54) is 44.5 Å². The summed E-state index contributed by atoms with van der Waals surface area (Å²) in [4.78, 5) is 2.38.